The number of amides is 1. The number of allylic oxidation sites excluding steroid dienone is 1. The van der Waals surface area contributed by atoms with Crippen molar-refractivity contribution in [2.45, 2.75) is 243 Å². The highest BCUT2D eigenvalue weighted by molar-refractivity contribution is 5.76. The van der Waals surface area contributed by atoms with E-state index in [1.165, 1.54) is 141 Å². The van der Waals surface area contributed by atoms with Crippen molar-refractivity contribution in [1.82, 2.24) is 5.32 Å². The van der Waals surface area contributed by atoms with Gasteiger partial charge in [-0.3, -0.25) is 4.79 Å². The Morgan fingerprint density at radius 3 is 1.50 bits per heavy atom. The molecule has 0 saturated carbocycles. The summed E-state index contributed by atoms with van der Waals surface area (Å²) < 4.78 is 11.2. The Bertz CT molecular complexity index is 827. The summed E-state index contributed by atoms with van der Waals surface area (Å²) in [6.45, 7) is 3.75. The van der Waals surface area contributed by atoms with Crippen molar-refractivity contribution in [2.75, 3.05) is 13.2 Å². The molecule has 1 fully saturated rings. The van der Waals surface area contributed by atoms with Gasteiger partial charge < -0.3 is 40.3 Å². The van der Waals surface area contributed by atoms with Gasteiger partial charge in [0.2, 0.25) is 5.91 Å². The molecule has 0 aromatic rings. The number of hydrogen-bond acceptors (Lipinski definition) is 8. The summed E-state index contributed by atoms with van der Waals surface area (Å²) >= 11 is 0. The Morgan fingerprint density at radius 2 is 1.06 bits per heavy atom. The first-order valence-corrected chi connectivity index (χ1v) is 21.9. The standard InChI is InChI=1S/C43H83NO8/c1-3-5-7-9-11-13-14-15-16-17-18-19-20-21-22-23-25-26-28-30-32-37(46)36(35-51-43-42(50)41(49)40(48)38(34-45)52-43)44-39(47)33-31-29-27-24-12-10-8-6-4-2/h30,32,36-38,40-43,45-46,48-50H,3-29,31,33-35H2,1-2H3,(H,44,47)/b32-30+. The third kappa shape index (κ3) is 25.1. The number of hydrogen-bond donors (Lipinski definition) is 6. The maximum Gasteiger partial charge on any atom is 0.220 e. The van der Waals surface area contributed by atoms with Crippen LogP contribution >= 0.6 is 0 Å². The van der Waals surface area contributed by atoms with Crippen LogP contribution in [-0.2, 0) is 14.3 Å². The van der Waals surface area contributed by atoms with Crippen molar-refractivity contribution in [1.29, 1.82) is 0 Å². The number of ether oxygens (including phenoxy) is 2. The van der Waals surface area contributed by atoms with Crippen molar-refractivity contribution >= 4 is 5.91 Å². The second-order valence-corrected chi connectivity index (χ2v) is 15.5. The summed E-state index contributed by atoms with van der Waals surface area (Å²) in [4.78, 5) is 12.8. The fourth-order valence-electron chi connectivity index (χ4n) is 7.04. The van der Waals surface area contributed by atoms with Crippen LogP contribution in [0.1, 0.15) is 200 Å². The Balaban J connectivity index is 2.32. The number of unbranched alkanes of at least 4 members (excludes halogenated alkanes) is 26. The second kappa shape index (κ2) is 34.4. The topological polar surface area (TPSA) is 149 Å². The molecule has 1 rings (SSSR count). The molecule has 7 unspecified atom stereocenters. The number of nitrogens with one attached hydrogen (secondary N) is 1. The SMILES string of the molecule is CCCCCCCCCCCCCCCCCCCC/C=C/C(O)C(COC1OC(CO)C(O)C(O)C1O)NC(=O)CCCCCCCCCCC. The fraction of sp³-hybridized carbons (Fsp3) is 0.930. The Kier molecular flexibility index (Phi) is 32.4. The van der Waals surface area contributed by atoms with Gasteiger partial charge in [0, 0.05) is 6.42 Å². The molecule has 308 valence electrons. The van der Waals surface area contributed by atoms with Gasteiger partial charge in [0.05, 0.1) is 25.4 Å². The van der Waals surface area contributed by atoms with Crippen LogP contribution < -0.4 is 5.32 Å². The second-order valence-electron chi connectivity index (χ2n) is 15.5. The molecule has 1 amide bonds. The largest absolute Gasteiger partial charge is 0.394 e. The predicted octanol–water partition coefficient (Wildman–Crippen LogP) is 8.56. The molecule has 1 saturated heterocycles. The summed E-state index contributed by atoms with van der Waals surface area (Å²) in [6.07, 6.45) is 31.2. The van der Waals surface area contributed by atoms with Gasteiger partial charge in [0.25, 0.3) is 0 Å². The van der Waals surface area contributed by atoms with Gasteiger partial charge in [-0.1, -0.05) is 187 Å². The molecule has 0 aromatic heterocycles. The predicted molar refractivity (Wildman–Crippen MR) is 212 cm³/mol. The van der Waals surface area contributed by atoms with Crippen molar-refractivity contribution in [3.63, 3.8) is 0 Å². The molecule has 0 radical (unpaired) electrons. The van der Waals surface area contributed by atoms with Crippen molar-refractivity contribution in [2.24, 2.45) is 0 Å². The maximum atomic E-state index is 12.8. The summed E-state index contributed by atoms with van der Waals surface area (Å²) in [5.41, 5.74) is 0. The number of carbonyl (C=O) groups excluding carboxylic acids is 1. The van der Waals surface area contributed by atoms with E-state index in [4.69, 9.17) is 9.47 Å². The third-order valence-electron chi connectivity index (χ3n) is 10.6. The lowest BCUT2D eigenvalue weighted by molar-refractivity contribution is -0.302. The van der Waals surface area contributed by atoms with Crippen LogP contribution in [0.2, 0.25) is 0 Å². The number of carbonyl (C=O) groups is 1. The molecule has 6 N–H and O–H groups in total. The molecule has 0 aliphatic carbocycles. The monoisotopic (exact) mass is 742 g/mol. The highest BCUT2D eigenvalue weighted by atomic mass is 16.7. The van der Waals surface area contributed by atoms with Crippen LogP contribution in [0.5, 0.6) is 0 Å². The lowest BCUT2D eigenvalue weighted by atomic mass is 9.99. The van der Waals surface area contributed by atoms with Crippen molar-refractivity contribution < 1.29 is 39.8 Å². The molecule has 1 aliphatic rings. The molecular formula is C43H83NO8. The molecule has 1 aliphatic heterocycles. The van der Waals surface area contributed by atoms with E-state index < -0.39 is 49.5 Å². The fourth-order valence-corrected chi connectivity index (χ4v) is 7.04. The maximum absolute atomic E-state index is 12.8. The lowest BCUT2D eigenvalue weighted by Gasteiger charge is -2.40. The highest BCUT2D eigenvalue weighted by Gasteiger charge is 2.44. The molecular weight excluding hydrogens is 658 g/mol. The van der Waals surface area contributed by atoms with E-state index in [1.807, 2.05) is 6.08 Å². The summed E-state index contributed by atoms with van der Waals surface area (Å²) in [5.74, 6) is -0.179. The Labute approximate surface area is 318 Å². The van der Waals surface area contributed by atoms with Gasteiger partial charge >= 0.3 is 0 Å². The zero-order chi connectivity index (χ0) is 38.1. The highest BCUT2D eigenvalue weighted by Crippen LogP contribution is 2.22. The van der Waals surface area contributed by atoms with Crippen LogP contribution in [0, 0.1) is 0 Å². The summed E-state index contributed by atoms with van der Waals surface area (Å²) in [7, 11) is 0. The van der Waals surface area contributed by atoms with Crippen LogP contribution in [0.15, 0.2) is 12.2 Å². The number of aliphatic hydroxyl groups excluding tert-OH is 5. The molecule has 9 heteroatoms. The van der Waals surface area contributed by atoms with Crippen LogP contribution in [-0.4, -0.2) is 87.5 Å². The lowest BCUT2D eigenvalue weighted by Crippen LogP contribution is -2.60. The van der Waals surface area contributed by atoms with Crippen LogP contribution in [0.4, 0.5) is 0 Å². The first kappa shape index (κ1) is 48.9. The molecule has 0 spiro atoms. The minimum Gasteiger partial charge on any atom is -0.394 e. The first-order chi connectivity index (χ1) is 25.3. The summed E-state index contributed by atoms with van der Waals surface area (Å²) in [6, 6.07) is -0.796. The van der Waals surface area contributed by atoms with E-state index in [2.05, 4.69) is 19.2 Å². The molecule has 9 nitrogen and oxygen atoms in total. The van der Waals surface area contributed by atoms with Crippen LogP contribution in [0.3, 0.4) is 0 Å². The first-order valence-electron chi connectivity index (χ1n) is 21.9. The normalized spacial score (nSPS) is 21.9. The molecule has 7 atom stereocenters. The van der Waals surface area contributed by atoms with Gasteiger partial charge in [0.15, 0.2) is 6.29 Å². The average Bonchev–Trinajstić information content (AvgIpc) is 3.14. The zero-order valence-corrected chi connectivity index (χ0v) is 33.6. The van der Waals surface area contributed by atoms with Gasteiger partial charge in [0.1, 0.15) is 24.4 Å². The Morgan fingerprint density at radius 1 is 0.635 bits per heavy atom. The van der Waals surface area contributed by atoms with E-state index in [0.29, 0.717) is 6.42 Å². The Hall–Kier alpha value is -1.07. The van der Waals surface area contributed by atoms with Crippen LogP contribution in [0.25, 0.3) is 0 Å². The van der Waals surface area contributed by atoms with Gasteiger partial charge in [-0.15, -0.1) is 0 Å². The summed E-state index contributed by atoms with van der Waals surface area (Å²) in [5, 5.41) is 54.0. The van der Waals surface area contributed by atoms with E-state index in [-0.39, 0.29) is 12.5 Å². The minimum atomic E-state index is -1.56. The molecule has 0 aromatic carbocycles. The van der Waals surface area contributed by atoms with Crippen molar-refractivity contribution in [3.05, 3.63) is 12.2 Å². The molecule has 1 heterocycles. The van der Waals surface area contributed by atoms with E-state index in [9.17, 15) is 30.3 Å². The quantitative estimate of drug-likeness (QED) is 0.0277. The van der Waals surface area contributed by atoms with E-state index in [1.54, 1.807) is 6.08 Å². The van der Waals surface area contributed by atoms with Crippen molar-refractivity contribution in [3.8, 4) is 0 Å². The number of aliphatic hydroxyl groups is 5. The van der Waals surface area contributed by atoms with Gasteiger partial charge in [-0.05, 0) is 19.3 Å². The van der Waals surface area contributed by atoms with Gasteiger partial charge in [-0.2, -0.15) is 0 Å². The minimum absolute atomic E-state index is 0.179. The van der Waals surface area contributed by atoms with E-state index >= 15 is 0 Å². The average molecular weight is 742 g/mol. The molecule has 0 bridgehead atoms. The third-order valence-corrected chi connectivity index (χ3v) is 10.6. The van der Waals surface area contributed by atoms with E-state index in [0.717, 1.165) is 38.5 Å². The smallest absolute Gasteiger partial charge is 0.220 e. The number of rotatable bonds is 36. The zero-order valence-electron chi connectivity index (χ0n) is 33.6. The van der Waals surface area contributed by atoms with Gasteiger partial charge in [-0.25, -0.2) is 0 Å². The molecule has 52 heavy (non-hydrogen) atoms.